The van der Waals surface area contributed by atoms with Crippen LogP contribution in [0.3, 0.4) is 0 Å². The van der Waals surface area contributed by atoms with Gasteiger partial charge >= 0.3 is 5.97 Å². The number of hydrogen-bond donors (Lipinski definition) is 1. The smallest absolute Gasteiger partial charge is 0.331 e. The molecule has 0 aliphatic heterocycles. The van der Waals surface area contributed by atoms with Crippen molar-refractivity contribution in [2.24, 2.45) is 22.7 Å². The molecule has 0 heterocycles. The van der Waals surface area contributed by atoms with Crippen LogP contribution in [0.4, 0.5) is 0 Å². The minimum Gasteiger partial charge on any atom is -0.478 e. The normalized spacial score (nSPS) is 38.4. The van der Waals surface area contributed by atoms with Crippen LogP contribution in [0.2, 0.25) is 0 Å². The molecule has 122 valence electrons. The van der Waals surface area contributed by atoms with E-state index in [0.717, 1.165) is 19.3 Å². The average Bonchev–Trinajstić information content (AvgIpc) is 2.68. The molecule has 2 nitrogen and oxygen atoms in total. The van der Waals surface area contributed by atoms with E-state index in [9.17, 15) is 9.90 Å². The van der Waals surface area contributed by atoms with Gasteiger partial charge in [0, 0.05) is 5.57 Å². The fraction of sp³-hybridized carbons (Fsp3) is 0.750. The van der Waals surface area contributed by atoms with Gasteiger partial charge in [-0.2, -0.15) is 0 Å². The van der Waals surface area contributed by atoms with Crippen molar-refractivity contribution in [1.29, 1.82) is 0 Å². The van der Waals surface area contributed by atoms with E-state index in [-0.39, 0.29) is 5.41 Å². The van der Waals surface area contributed by atoms with Gasteiger partial charge in [0.1, 0.15) is 0 Å². The summed E-state index contributed by atoms with van der Waals surface area (Å²) in [4.78, 5) is 11.4. The fourth-order valence-electron chi connectivity index (χ4n) is 5.35. The standard InChI is InChI=1S/C20H30O2/c1-13(2)15-8-10-20(4)12-11-19(3)9-7-14(18(21)22)5-6-16(19)17(15)20/h7,13,16H,5-6,8-12H2,1-4H3,(H,21,22)/t16-,19-,20-/m1/s1. The zero-order valence-corrected chi connectivity index (χ0v) is 14.5. The van der Waals surface area contributed by atoms with Gasteiger partial charge in [0.25, 0.3) is 0 Å². The molecule has 0 aromatic heterocycles. The van der Waals surface area contributed by atoms with Gasteiger partial charge in [0.05, 0.1) is 0 Å². The molecule has 1 fully saturated rings. The summed E-state index contributed by atoms with van der Waals surface area (Å²) in [7, 11) is 0. The highest BCUT2D eigenvalue weighted by Crippen LogP contribution is 2.63. The molecule has 0 unspecified atom stereocenters. The van der Waals surface area contributed by atoms with Gasteiger partial charge in [-0.3, -0.25) is 0 Å². The van der Waals surface area contributed by atoms with Crippen LogP contribution in [0.1, 0.15) is 72.6 Å². The lowest BCUT2D eigenvalue weighted by Crippen LogP contribution is -2.39. The third kappa shape index (κ3) is 2.35. The van der Waals surface area contributed by atoms with Crippen LogP contribution in [-0.2, 0) is 4.79 Å². The highest BCUT2D eigenvalue weighted by atomic mass is 16.4. The molecule has 0 radical (unpaired) electrons. The van der Waals surface area contributed by atoms with Gasteiger partial charge < -0.3 is 5.11 Å². The first kappa shape index (κ1) is 15.8. The molecule has 0 bridgehead atoms. The summed E-state index contributed by atoms with van der Waals surface area (Å²) in [5.74, 6) is 0.503. The first-order chi connectivity index (χ1) is 10.3. The molecule has 0 aromatic carbocycles. The van der Waals surface area contributed by atoms with E-state index in [0.29, 0.717) is 22.8 Å². The van der Waals surface area contributed by atoms with Crippen molar-refractivity contribution in [3.63, 3.8) is 0 Å². The third-order valence-electron chi connectivity index (χ3n) is 6.87. The minimum atomic E-state index is -0.713. The summed E-state index contributed by atoms with van der Waals surface area (Å²) >= 11 is 0. The van der Waals surface area contributed by atoms with Gasteiger partial charge in [0.2, 0.25) is 0 Å². The van der Waals surface area contributed by atoms with Crippen LogP contribution in [0.15, 0.2) is 22.8 Å². The maximum absolute atomic E-state index is 11.4. The Labute approximate surface area is 134 Å². The van der Waals surface area contributed by atoms with Crippen molar-refractivity contribution in [3.8, 4) is 0 Å². The average molecular weight is 302 g/mol. The van der Waals surface area contributed by atoms with E-state index in [1.165, 1.54) is 25.7 Å². The van der Waals surface area contributed by atoms with Crippen LogP contribution in [-0.4, -0.2) is 11.1 Å². The summed E-state index contributed by atoms with van der Waals surface area (Å²) < 4.78 is 0. The van der Waals surface area contributed by atoms with Gasteiger partial charge in [0.15, 0.2) is 0 Å². The van der Waals surface area contributed by atoms with Crippen molar-refractivity contribution < 1.29 is 9.90 Å². The maximum atomic E-state index is 11.4. The summed E-state index contributed by atoms with van der Waals surface area (Å²) in [6, 6.07) is 0. The van der Waals surface area contributed by atoms with Crippen LogP contribution in [0.5, 0.6) is 0 Å². The van der Waals surface area contributed by atoms with Crippen LogP contribution in [0.25, 0.3) is 0 Å². The minimum absolute atomic E-state index is 0.260. The molecule has 0 aromatic rings. The zero-order chi connectivity index (χ0) is 16.1. The molecule has 3 rings (SSSR count). The van der Waals surface area contributed by atoms with E-state index in [4.69, 9.17) is 0 Å². The number of hydrogen-bond acceptors (Lipinski definition) is 1. The second-order valence-electron chi connectivity index (χ2n) is 8.64. The third-order valence-corrected chi connectivity index (χ3v) is 6.87. The molecule has 0 saturated heterocycles. The summed E-state index contributed by atoms with van der Waals surface area (Å²) in [5, 5.41) is 9.38. The van der Waals surface area contributed by atoms with Crippen LogP contribution < -0.4 is 0 Å². The summed E-state index contributed by atoms with van der Waals surface area (Å²) in [6.07, 6.45) is 9.81. The number of aliphatic carboxylic acids is 1. The summed E-state index contributed by atoms with van der Waals surface area (Å²) in [5.41, 5.74) is 4.71. The first-order valence-corrected chi connectivity index (χ1v) is 8.92. The largest absolute Gasteiger partial charge is 0.478 e. The zero-order valence-electron chi connectivity index (χ0n) is 14.5. The van der Waals surface area contributed by atoms with Crippen molar-refractivity contribution in [2.75, 3.05) is 0 Å². The van der Waals surface area contributed by atoms with Gasteiger partial charge in [-0.15, -0.1) is 0 Å². The second-order valence-corrected chi connectivity index (χ2v) is 8.64. The number of carboxylic acids is 1. The maximum Gasteiger partial charge on any atom is 0.331 e. The van der Waals surface area contributed by atoms with Crippen molar-refractivity contribution in [3.05, 3.63) is 22.8 Å². The highest BCUT2D eigenvalue weighted by Gasteiger charge is 2.51. The molecule has 1 saturated carbocycles. The van der Waals surface area contributed by atoms with E-state index in [1.54, 1.807) is 11.1 Å². The fourth-order valence-corrected chi connectivity index (χ4v) is 5.35. The molecule has 22 heavy (non-hydrogen) atoms. The SMILES string of the molecule is CC(C)C1=C2[C@H]3CCC(C(=O)O)=CC[C@]3(C)CC[C@@]2(C)CC1. The predicted octanol–water partition coefficient (Wildman–Crippen LogP) is 5.35. The number of allylic oxidation sites excluding steroid dienone is 3. The molecular formula is C20H30O2. The molecule has 0 spiro atoms. The van der Waals surface area contributed by atoms with E-state index in [2.05, 4.69) is 27.7 Å². The monoisotopic (exact) mass is 302 g/mol. The van der Waals surface area contributed by atoms with Crippen LogP contribution in [0, 0.1) is 22.7 Å². The lowest BCUT2D eigenvalue weighted by atomic mass is 9.55. The Morgan fingerprint density at radius 3 is 2.59 bits per heavy atom. The second kappa shape index (κ2) is 5.25. The molecule has 0 amide bonds. The van der Waals surface area contributed by atoms with Gasteiger partial charge in [-0.25, -0.2) is 4.79 Å². The van der Waals surface area contributed by atoms with Crippen LogP contribution >= 0.6 is 0 Å². The molecule has 1 N–H and O–H groups in total. The Morgan fingerprint density at radius 2 is 1.95 bits per heavy atom. The summed E-state index contributed by atoms with van der Waals surface area (Å²) in [6.45, 7) is 9.53. The Kier molecular flexibility index (Phi) is 3.78. The molecule has 2 heteroatoms. The first-order valence-electron chi connectivity index (χ1n) is 8.92. The van der Waals surface area contributed by atoms with E-state index < -0.39 is 5.97 Å². The number of rotatable bonds is 2. The van der Waals surface area contributed by atoms with E-state index >= 15 is 0 Å². The predicted molar refractivity (Wildman–Crippen MR) is 89.6 cm³/mol. The van der Waals surface area contributed by atoms with E-state index in [1.807, 2.05) is 6.08 Å². The van der Waals surface area contributed by atoms with Gasteiger partial charge in [-0.05, 0) is 67.6 Å². The van der Waals surface area contributed by atoms with Crippen molar-refractivity contribution >= 4 is 5.97 Å². The molecule has 3 atom stereocenters. The lowest BCUT2D eigenvalue weighted by Gasteiger charge is -2.50. The Morgan fingerprint density at radius 1 is 1.23 bits per heavy atom. The Bertz CT molecular complexity index is 554. The number of carboxylic acid groups (broad SMARTS) is 1. The highest BCUT2D eigenvalue weighted by molar-refractivity contribution is 5.86. The van der Waals surface area contributed by atoms with Crippen molar-refractivity contribution in [2.45, 2.75) is 72.6 Å². The van der Waals surface area contributed by atoms with Gasteiger partial charge in [-0.1, -0.05) is 44.9 Å². The van der Waals surface area contributed by atoms with Crippen molar-refractivity contribution in [1.82, 2.24) is 0 Å². The molecular weight excluding hydrogens is 272 g/mol. The molecule has 3 aliphatic carbocycles. The lowest BCUT2D eigenvalue weighted by molar-refractivity contribution is -0.132. The number of carbonyl (C=O) groups is 1. The Balaban J connectivity index is 2.02. The quantitative estimate of drug-likeness (QED) is 0.698. The topological polar surface area (TPSA) is 37.3 Å². The number of fused-ring (bicyclic) bond motifs is 3. The molecule has 3 aliphatic rings. The Hall–Kier alpha value is -1.05.